The second-order valence-electron chi connectivity index (χ2n) is 11.9. The zero-order valence-corrected chi connectivity index (χ0v) is 29.8. The number of carbonyl (C=O) groups excluding carboxylic acids is 2. The maximum Gasteiger partial charge on any atom is 0.249 e. The summed E-state index contributed by atoms with van der Waals surface area (Å²) >= 11 is 0. The predicted molar refractivity (Wildman–Crippen MR) is 204 cm³/mol. The lowest BCUT2D eigenvalue weighted by atomic mass is 10.0. The molecule has 0 aliphatic rings. The summed E-state index contributed by atoms with van der Waals surface area (Å²) in [4.78, 5) is 31.0. The Bertz CT molecular complexity index is 2160. The molecule has 14 nitrogen and oxygen atoms in total. The molecule has 14 heteroatoms. The molecule has 0 aliphatic heterocycles. The Morgan fingerprint density at radius 3 is 1.72 bits per heavy atom. The van der Waals surface area contributed by atoms with Crippen molar-refractivity contribution in [1.82, 2.24) is 20.4 Å². The molecule has 0 aliphatic carbocycles. The summed E-state index contributed by atoms with van der Waals surface area (Å²) in [7, 11) is 7.98. The number of carbonyl (C=O) groups is 2. The summed E-state index contributed by atoms with van der Waals surface area (Å²) in [6.07, 6.45) is 6.87. The Labute approximate surface area is 306 Å². The number of rotatable bonds is 15. The Hall–Kier alpha value is -6.96. The molecule has 2 heterocycles. The van der Waals surface area contributed by atoms with Crippen molar-refractivity contribution in [2.45, 2.75) is 12.1 Å². The van der Waals surface area contributed by atoms with Gasteiger partial charge in [0.15, 0.2) is 0 Å². The van der Waals surface area contributed by atoms with Crippen LogP contribution < -0.4 is 39.8 Å². The van der Waals surface area contributed by atoms with Crippen molar-refractivity contribution in [2.24, 2.45) is 0 Å². The van der Waals surface area contributed by atoms with Gasteiger partial charge < -0.3 is 39.8 Å². The molecule has 0 saturated heterocycles. The normalized spacial score (nSPS) is 11.9. The van der Waals surface area contributed by atoms with E-state index in [1.54, 1.807) is 126 Å². The molecule has 2 atom stereocenters. The highest BCUT2D eigenvalue weighted by atomic mass is 16.5. The molecule has 6 rings (SSSR count). The molecule has 0 spiro atoms. The summed E-state index contributed by atoms with van der Waals surface area (Å²) < 4.78 is 22.3. The molecule has 0 bridgehead atoms. The van der Waals surface area contributed by atoms with Gasteiger partial charge in [0, 0.05) is 88.7 Å². The van der Waals surface area contributed by atoms with Gasteiger partial charge in [-0.3, -0.25) is 19.8 Å². The number of ether oxygens (including phenoxy) is 4. The van der Waals surface area contributed by atoms with Gasteiger partial charge in [-0.05, 0) is 48.5 Å². The van der Waals surface area contributed by atoms with Gasteiger partial charge >= 0.3 is 0 Å². The fourth-order valence-corrected chi connectivity index (χ4v) is 5.97. The van der Waals surface area contributed by atoms with E-state index in [9.17, 15) is 9.59 Å². The van der Waals surface area contributed by atoms with Gasteiger partial charge in [-0.1, -0.05) is 12.1 Å². The highest BCUT2D eigenvalue weighted by Gasteiger charge is 2.38. The first-order valence-electron chi connectivity index (χ1n) is 16.6. The molecule has 2 aromatic heterocycles. The van der Waals surface area contributed by atoms with Crippen LogP contribution in [0.25, 0.3) is 22.3 Å². The van der Waals surface area contributed by atoms with Crippen LogP contribution in [0.15, 0.2) is 110 Å². The van der Waals surface area contributed by atoms with Gasteiger partial charge in [0.05, 0.1) is 40.8 Å². The molecule has 0 radical (unpaired) electrons. The van der Waals surface area contributed by atoms with Crippen molar-refractivity contribution in [1.29, 1.82) is 0 Å². The van der Waals surface area contributed by atoms with Crippen LogP contribution in [-0.4, -0.2) is 79.8 Å². The number of hydrogen-bond donors (Lipinski definition) is 5. The lowest BCUT2D eigenvalue weighted by Gasteiger charge is -2.35. The molecule has 272 valence electrons. The number of likely N-dealkylation sites (N-methyl/N-ethyl adjacent to an activating group) is 1. The Morgan fingerprint density at radius 2 is 1.19 bits per heavy atom. The van der Waals surface area contributed by atoms with Crippen molar-refractivity contribution in [2.75, 3.05) is 56.3 Å². The van der Waals surface area contributed by atoms with Crippen LogP contribution in [0.4, 0.5) is 22.7 Å². The molecule has 0 fully saturated rings. The van der Waals surface area contributed by atoms with E-state index in [0.29, 0.717) is 45.7 Å². The SMILES string of the molecule is COc1cccc(NC(C(=O)Nc2ccc(-c3cn[nH]c3)c(OC)c2)C(C(=O)Nc2ccc(-c3cn[nH]c3)c(OC)c2)N(C)c2cccc(OC)c2)c1. The minimum absolute atomic E-state index is 0.458. The standard InChI is InChI=1S/C39H40N8O6/c1-47(29-9-7-11-31(19-29)51-3)37(39(49)46-28-13-15-33(35(18-28)53-5)25-22-42-43-23-25)36(44-26-8-6-10-30(16-26)50-2)38(48)45-27-12-14-32(34(17-27)52-4)24-20-40-41-21-24/h6-23,36-37,44H,1-5H3,(H,40,41)(H,42,43)(H,45,48)(H,46,49). The van der Waals surface area contributed by atoms with E-state index < -0.39 is 23.9 Å². The quantitative estimate of drug-likeness (QED) is 0.0842. The number of hydrogen-bond acceptors (Lipinski definition) is 10. The van der Waals surface area contributed by atoms with Crippen LogP contribution >= 0.6 is 0 Å². The Kier molecular flexibility index (Phi) is 11.1. The second kappa shape index (κ2) is 16.4. The average molecular weight is 717 g/mol. The first-order valence-corrected chi connectivity index (χ1v) is 16.6. The minimum atomic E-state index is -1.18. The number of aromatic amines is 2. The Morgan fingerprint density at radius 1 is 0.642 bits per heavy atom. The monoisotopic (exact) mass is 716 g/mol. The molecule has 2 unspecified atom stereocenters. The highest BCUT2D eigenvalue weighted by molar-refractivity contribution is 6.06. The van der Waals surface area contributed by atoms with Crippen LogP contribution in [0.2, 0.25) is 0 Å². The second-order valence-corrected chi connectivity index (χ2v) is 11.9. The molecule has 0 saturated carbocycles. The summed E-state index contributed by atoms with van der Waals surface area (Å²) in [5.74, 6) is 1.24. The minimum Gasteiger partial charge on any atom is -0.497 e. The van der Waals surface area contributed by atoms with Gasteiger partial charge in [0.2, 0.25) is 11.8 Å². The molecule has 5 N–H and O–H groups in total. The van der Waals surface area contributed by atoms with E-state index in [0.717, 1.165) is 22.3 Å². The molecule has 6 aromatic rings. The van der Waals surface area contributed by atoms with E-state index in [1.165, 1.54) is 0 Å². The van der Waals surface area contributed by atoms with Gasteiger partial charge in [-0.15, -0.1) is 0 Å². The maximum absolute atomic E-state index is 14.7. The number of nitrogens with zero attached hydrogens (tertiary/aromatic N) is 3. The lowest BCUT2D eigenvalue weighted by molar-refractivity contribution is -0.123. The maximum atomic E-state index is 14.7. The number of amides is 2. The Balaban J connectivity index is 1.40. The summed E-state index contributed by atoms with van der Waals surface area (Å²) in [5, 5.41) is 23.1. The number of H-pyrrole nitrogens is 2. The van der Waals surface area contributed by atoms with Crippen molar-refractivity contribution in [3.8, 4) is 45.3 Å². The third-order valence-corrected chi connectivity index (χ3v) is 8.69. The van der Waals surface area contributed by atoms with Gasteiger partial charge in [-0.25, -0.2) is 0 Å². The summed E-state index contributed by atoms with van der Waals surface area (Å²) in [6, 6.07) is 22.7. The van der Waals surface area contributed by atoms with Crippen molar-refractivity contribution in [3.05, 3.63) is 110 Å². The fourth-order valence-electron chi connectivity index (χ4n) is 5.97. The summed E-state index contributed by atoms with van der Waals surface area (Å²) in [5.41, 5.74) is 5.33. The molecule has 53 heavy (non-hydrogen) atoms. The van der Waals surface area contributed by atoms with Gasteiger partial charge in [-0.2, -0.15) is 10.2 Å². The first kappa shape index (κ1) is 35.9. The van der Waals surface area contributed by atoms with Crippen LogP contribution in [0.1, 0.15) is 0 Å². The van der Waals surface area contributed by atoms with Gasteiger partial charge in [0.1, 0.15) is 35.1 Å². The number of nitrogens with one attached hydrogen (secondary N) is 5. The van der Waals surface area contributed by atoms with Crippen LogP contribution in [0.3, 0.4) is 0 Å². The molecular weight excluding hydrogens is 676 g/mol. The third-order valence-electron chi connectivity index (χ3n) is 8.69. The number of anilines is 4. The van der Waals surface area contributed by atoms with E-state index in [1.807, 2.05) is 24.3 Å². The first-order chi connectivity index (χ1) is 25.8. The number of aromatic nitrogens is 4. The van der Waals surface area contributed by atoms with Crippen LogP contribution in [0, 0.1) is 0 Å². The van der Waals surface area contributed by atoms with E-state index in [4.69, 9.17) is 18.9 Å². The van der Waals surface area contributed by atoms with E-state index in [2.05, 4.69) is 36.3 Å². The summed E-state index contributed by atoms with van der Waals surface area (Å²) in [6.45, 7) is 0. The number of methoxy groups -OCH3 is 4. The van der Waals surface area contributed by atoms with E-state index in [-0.39, 0.29) is 0 Å². The van der Waals surface area contributed by atoms with E-state index >= 15 is 0 Å². The number of benzene rings is 4. The fraction of sp³-hybridized carbons (Fsp3) is 0.179. The molecule has 2 amide bonds. The lowest BCUT2D eigenvalue weighted by Crippen LogP contribution is -2.57. The van der Waals surface area contributed by atoms with Gasteiger partial charge in [0.25, 0.3) is 0 Å². The average Bonchev–Trinajstić information content (AvgIpc) is 3.93. The zero-order valence-electron chi connectivity index (χ0n) is 29.8. The van der Waals surface area contributed by atoms with Crippen LogP contribution in [0.5, 0.6) is 23.0 Å². The predicted octanol–water partition coefficient (Wildman–Crippen LogP) is 6.06. The molecule has 4 aromatic carbocycles. The largest absolute Gasteiger partial charge is 0.497 e. The third kappa shape index (κ3) is 8.17. The van der Waals surface area contributed by atoms with Crippen LogP contribution in [-0.2, 0) is 9.59 Å². The van der Waals surface area contributed by atoms with Crippen molar-refractivity contribution in [3.63, 3.8) is 0 Å². The molecular formula is C39H40N8O6. The topological polar surface area (TPSA) is 168 Å². The van der Waals surface area contributed by atoms with Crippen molar-refractivity contribution < 1.29 is 28.5 Å². The van der Waals surface area contributed by atoms with Crippen molar-refractivity contribution >= 4 is 34.6 Å². The zero-order chi connectivity index (χ0) is 37.3. The smallest absolute Gasteiger partial charge is 0.249 e. The highest BCUT2D eigenvalue weighted by Crippen LogP contribution is 2.34.